The molecule has 0 aliphatic carbocycles. The fourth-order valence-electron chi connectivity index (χ4n) is 2.79. The van der Waals surface area contributed by atoms with Crippen molar-refractivity contribution >= 4 is 38.9 Å². The number of ether oxygens (including phenoxy) is 1. The van der Waals surface area contributed by atoms with Crippen LogP contribution in [-0.4, -0.2) is 20.4 Å². The zero-order valence-corrected chi connectivity index (χ0v) is 18.9. The molecule has 6 nitrogen and oxygen atoms in total. The van der Waals surface area contributed by atoms with Gasteiger partial charge in [0, 0.05) is 16.4 Å². The Kier molecular flexibility index (Phi) is 6.87. The number of carbonyl (C=O) groups is 1. The average Bonchev–Trinajstić information content (AvgIpc) is 2.73. The van der Waals surface area contributed by atoms with Gasteiger partial charge >= 0.3 is 0 Å². The van der Waals surface area contributed by atoms with Crippen LogP contribution in [0, 0.1) is 13.8 Å². The minimum Gasteiger partial charge on any atom is -0.481 e. The van der Waals surface area contributed by atoms with Crippen LogP contribution in [0.25, 0.3) is 0 Å². The van der Waals surface area contributed by atoms with E-state index >= 15 is 0 Å². The van der Waals surface area contributed by atoms with Crippen LogP contribution in [0.2, 0.25) is 5.02 Å². The van der Waals surface area contributed by atoms with Crippen LogP contribution < -0.4 is 14.8 Å². The van der Waals surface area contributed by atoms with Crippen molar-refractivity contribution in [3.8, 4) is 5.75 Å². The Morgan fingerprint density at radius 1 is 0.935 bits per heavy atom. The molecule has 0 aromatic heterocycles. The summed E-state index contributed by atoms with van der Waals surface area (Å²) in [4.78, 5) is 12.6. The molecule has 0 heterocycles. The van der Waals surface area contributed by atoms with Crippen LogP contribution in [0.3, 0.4) is 0 Å². The molecular formula is C23H23ClN2O4S. The normalized spacial score (nSPS) is 12.1. The average molecular weight is 459 g/mol. The summed E-state index contributed by atoms with van der Waals surface area (Å²) in [5, 5.41) is 3.25. The van der Waals surface area contributed by atoms with Gasteiger partial charge in [-0.25, -0.2) is 8.42 Å². The molecule has 0 bridgehead atoms. The van der Waals surface area contributed by atoms with Gasteiger partial charge in [0.25, 0.3) is 15.9 Å². The first-order valence-electron chi connectivity index (χ1n) is 9.58. The van der Waals surface area contributed by atoms with Gasteiger partial charge in [0.15, 0.2) is 6.10 Å². The number of halogens is 1. The van der Waals surface area contributed by atoms with E-state index in [1.54, 1.807) is 31.2 Å². The van der Waals surface area contributed by atoms with E-state index in [2.05, 4.69) is 10.0 Å². The summed E-state index contributed by atoms with van der Waals surface area (Å²) in [6.45, 7) is 5.57. The molecule has 0 aliphatic rings. The minimum atomic E-state index is -3.77. The van der Waals surface area contributed by atoms with Crippen molar-refractivity contribution in [2.45, 2.75) is 31.8 Å². The second-order valence-corrected chi connectivity index (χ2v) is 9.20. The zero-order valence-electron chi connectivity index (χ0n) is 17.3. The number of carbonyl (C=O) groups excluding carboxylic acids is 1. The topological polar surface area (TPSA) is 84.5 Å². The second-order valence-electron chi connectivity index (χ2n) is 7.08. The number of hydrogen-bond acceptors (Lipinski definition) is 4. The number of rotatable bonds is 7. The summed E-state index contributed by atoms with van der Waals surface area (Å²) in [5.41, 5.74) is 2.92. The molecule has 3 aromatic carbocycles. The molecule has 0 saturated heterocycles. The van der Waals surface area contributed by atoms with Gasteiger partial charge in [-0.05, 0) is 86.5 Å². The van der Waals surface area contributed by atoms with Crippen LogP contribution in [0.5, 0.6) is 5.75 Å². The zero-order chi connectivity index (χ0) is 22.6. The lowest BCUT2D eigenvalue weighted by molar-refractivity contribution is -0.122. The number of aryl methyl sites for hydroxylation is 1. The summed E-state index contributed by atoms with van der Waals surface area (Å²) in [5.74, 6) is 0.313. The van der Waals surface area contributed by atoms with Crippen molar-refractivity contribution in [1.82, 2.24) is 0 Å². The highest BCUT2D eigenvalue weighted by molar-refractivity contribution is 7.92. The van der Waals surface area contributed by atoms with Crippen molar-refractivity contribution in [2.24, 2.45) is 0 Å². The third-order valence-corrected chi connectivity index (χ3v) is 6.41. The predicted molar refractivity (Wildman–Crippen MR) is 123 cm³/mol. The van der Waals surface area contributed by atoms with Gasteiger partial charge in [-0.2, -0.15) is 0 Å². The maximum Gasteiger partial charge on any atom is 0.265 e. The fourth-order valence-corrected chi connectivity index (χ4v) is 3.97. The molecule has 31 heavy (non-hydrogen) atoms. The van der Waals surface area contributed by atoms with Gasteiger partial charge < -0.3 is 10.1 Å². The highest BCUT2D eigenvalue weighted by Crippen LogP contribution is 2.23. The Morgan fingerprint density at radius 3 is 2.19 bits per heavy atom. The molecule has 0 unspecified atom stereocenters. The third-order valence-electron chi connectivity index (χ3n) is 4.76. The van der Waals surface area contributed by atoms with Gasteiger partial charge in [0.1, 0.15) is 5.75 Å². The molecule has 0 fully saturated rings. The van der Waals surface area contributed by atoms with Gasteiger partial charge in [0.2, 0.25) is 0 Å². The first-order valence-corrected chi connectivity index (χ1v) is 11.4. The van der Waals surface area contributed by atoms with Crippen LogP contribution in [-0.2, 0) is 14.8 Å². The molecule has 3 rings (SSSR count). The van der Waals surface area contributed by atoms with Gasteiger partial charge in [-0.15, -0.1) is 0 Å². The van der Waals surface area contributed by atoms with Crippen molar-refractivity contribution in [3.63, 3.8) is 0 Å². The van der Waals surface area contributed by atoms with E-state index < -0.39 is 16.1 Å². The van der Waals surface area contributed by atoms with E-state index in [1.165, 1.54) is 24.3 Å². The standard InChI is InChI=1S/C23H23ClN2O4S/c1-15-5-4-6-22(16(15)2)30-17(3)23(27)25-19-11-13-21(14-12-19)31(28,29)26-20-9-7-18(24)8-10-20/h4-14,17,26H,1-3H3,(H,25,27)/t17-/m0/s1. The molecule has 1 atom stereocenters. The van der Waals surface area contributed by atoms with E-state index in [-0.39, 0.29) is 10.8 Å². The minimum absolute atomic E-state index is 0.0696. The molecular weight excluding hydrogens is 436 g/mol. The van der Waals surface area contributed by atoms with Crippen LogP contribution >= 0.6 is 11.6 Å². The number of anilines is 2. The maximum atomic E-state index is 12.5. The number of benzene rings is 3. The molecule has 0 spiro atoms. The van der Waals surface area contributed by atoms with E-state index in [1.807, 2.05) is 32.0 Å². The maximum absolute atomic E-state index is 12.5. The Labute approximate surface area is 187 Å². The van der Waals surface area contributed by atoms with Crippen molar-refractivity contribution < 1.29 is 17.9 Å². The lowest BCUT2D eigenvalue weighted by Gasteiger charge is -2.17. The molecule has 8 heteroatoms. The molecule has 0 aliphatic heterocycles. The van der Waals surface area contributed by atoms with Gasteiger partial charge in [-0.3, -0.25) is 9.52 Å². The molecule has 0 saturated carbocycles. The Morgan fingerprint density at radius 2 is 1.55 bits per heavy atom. The monoisotopic (exact) mass is 458 g/mol. The van der Waals surface area contributed by atoms with Crippen LogP contribution in [0.15, 0.2) is 71.6 Å². The SMILES string of the molecule is Cc1cccc(O[C@@H](C)C(=O)Nc2ccc(S(=O)(=O)Nc3ccc(Cl)cc3)cc2)c1C. The lowest BCUT2D eigenvalue weighted by Crippen LogP contribution is -2.30. The first-order chi connectivity index (χ1) is 14.7. The Bertz CT molecular complexity index is 1180. The summed E-state index contributed by atoms with van der Waals surface area (Å²) in [6, 6.07) is 17.9. The smallest absolute Gasteiger partial charge is 0.265 e. The Balaban J connectivity index is 1.64. The third kappa shape index (κ3) is 5.77. The number of hydrogen-bond donors (Lipinski definition) is 2. The summed E-state index contributed by atoms with van der Waals surface area (Å²) in [7, 11) is -3.77. The van der Waals surface area contributed by atoms with Crippen LogP contribution in [0.1, 0.15) is 18.1 Å². The second kappa shape index (κ2) is 9.41. The van der Waals surface area contributed by atoms with Crippen molar-refractivity contribution in [1.29, 1.82) is 0 Å². The van der Waals surface area contributed by atoms with E-state index in [0.29, 0.717) is 22.1 Å². The molecule has 1 amide bonds. The highest BCUT2D eigenvalue weighted by atomic mass is 35.5. The number of sulfonamides is 1. The van der Waals surface area contributed by atoms with Gasteiger partial charge in [0.05, 0.1) is 4.90 Å². The predicted octanol–water partition coefficient (Wildman–Crippen LogP) is 5.16. The lowest BCUT2D eigenvalue weighted by atomic mass is 10.1. The molecule has 0 radical (unpaired) electrons. The number of nitrogens with one attached hydrogen (secondary N) is 2. The molecule has 2 N–H and O–H groups in total. The highest BCUT2D eigenvalue weighted by Gasteiger charge is 2.18. The molecule has 162 valence electrons. The van der Waals surface area contributed by atoms with E-state index in [9.17, 15) is 13.2 Å². The summed E-state index contributed by atoms with van der Waals surface area (Å²) >= 11 is 5.82. The largest absolute Gasteiger partial charge is 0.481 e. The first kappa shape index (κ1) is 22.7. The summed E-state index contributed by atoms with van der Waals surface area (Å²) < 4.78 is 33.3. The van der Waals surface area contributed by atoms with Crippen molar-refractivity contribution in [2.75, 3.05) is 10.0 Å². The van der Waals surface area contributed by atoms with Crippen LogP contribution in [0.4, 0.5) is 11.4 Å². The number of amides is 1. The molecule has 3 aromatic rings. The van der Waals surface area contributed by atoms with Gasteiger partial charge in [-0.1, -0.05) is 23.7 Å². The quantitative estimate of drug-likeness (QED) is 0.512. The fraction of sp³-hybridized carbons (Fsp3) is 0.174. The van der Waals surface area contributed by atoms with E-state index in [0.717, 1.165) is 11.1 Å². The Hall–Kier alpha value is -3.03. The van der Waals surface area contributed by atoms with E-state index in [4.69, 9.17) is 16.3 Å². The summed E-state index contributed by atoms with van der Waals surface area (Å²) in [6.07, 6.45) is -0.726. The van der Waals surface area contributed by atoms with Crippen molar-refractivity contribution in [3.05, 3.63) is 82.9 Å².